The molecule has 2 aromatic rings. The first kappa shape index (κ1) is 26.7. The summed E-state index contributed by atoms with van der Waals surface area (Å²) in [5.41, 5.74) is 5.84. The molecule has 3 fully saturated rings. The van der Waals surface area contributed by atoms with Crippen molar-refractivity contribution in [1.29, 1.82) is 0 Å². The second kappa shape index (κ2) is 9.85. The van der Waals surface area contributed by atoms with Gasteiger partial charge in [0.05, 0.1) is 0 Å². The van der Waals surface area contributed by atoms with Crippen LogP contribution in [0.5, 0.6) is 0 Å². The van der Waals surface area contributed by atoms with Gasteiger partial charge < -0.3 is 4.90 Å². The van der Waals surface area contributed by atoms with Gasteiger partial charge in [-0.15, -0.1) is 0 Å². The molecule has 3 saturated carbocycles. The Kier molecular flexibility index (Phi) is 6.92. The highest BCUT2D eigenvalue weighted by atomic mass is 15.1. The van der Waals surface area contributed by atoms with Gasteiger partial charge in [0.15, 0.2) is 0 Å². The summed E-state index contributed by atoms with van der Waals surface area (Å²) in [5, 5.41) is 2.97. The molecular formula is C37H55N. The lowest BCUT2D eigenvalue weighted by molar-refractivity contribution is -0.103. The first-order valence-corrected chi connectivity index (χ1v) is 16.3. The van der Waals surface area contributed by atoms with Gasteiger partial charge in [-0.3, -0.25) is 0 Å². The molecule has 8 atom stereocenters. The van der Waals surface area contributed by atoms with Gasteiger partial charge >= 0.3 is 0 Å². The highest BCUT2D eigenvalue weighted by molar-refractivity contribution is 5.97. The Morgan fingerprint density at radius 3 is 2.34 bits per heavy atom. The van der Waals surface area contributed by atoms with Crippen LogP contribution in [0, 0.1) is 52.3 Å². The normalized spacial score (nSPS) is 36.9. The van der Waals surface area contributed by atoms with Crippen LogP contribution < -0.4 is 4.90 Å². The van der Waals surface area contributed by atoms with Crippen molar-refractivity contribution in [3.05, 3.63) is 41.5 Å². The Morgan fingerprint density at radius 1 is 0.868 bits per heavy atom. The van der Waals surface area contributed by atoms with Crippen molar-refractivity contribution in [2.24, 2.45) is 52.3 Å². The van der Waals surface area contributed by atoms with Gasteiger partial charge in [0.2, 0.25) is 0 Å². The third kappa shape index (κ3) is 4.16. The smallest absolute Gasteiger partial charge is 0.0443 e. The van der Waals surface area contributed by atoms with Crippen LogP contribution in [0.15, 0.2) is 30.3 Å². The second-order valence-corrected chi connectivity index (χ2v) is 15.5. The average Bonchev–Trinajstić information content (AvgIpc) is 3.24. The van der Waals surface area contributed by atoms with E-state index in [2.05, 4.69) is 83.9 Å². The van der Waals surface area contributed by atoms with Gasteiger partial charge in [0.1, 0.15) is 0 Å². The largest absolute Gasteiger partial charge is 0.377 e. The first-order chi connectivity index (χ1) is 18.1. The summed E-state index contributed by atoms with van der Waals surface area (Å²) in [6, 6.07) is 11.8. The Hall–Kier alpha value is -1.50. The third-order valence-corrected chi connectivity index (χ3v) is 13.0. The lowest BCUT2D eigenvalue weighted by Crippen LogP contribution is -2.54. The van der Waals surface area contributed by atoms with Crippen LogP contribution in [0.4, 0.5) is 5.69 Å². The highest BCUT2D eigenvalue weighted by Crippen LogP contribution is 2.68. The monoisotopic (exact) mass is 513 g/mol. The number of rotatable bonds is 6. The molecule has 1 heteroatoms. The van der Waals surface area contributed by atoms with Crippen LogP contribution in [0.3, 0.4) is 0 Å². The number of nitrogens with zero attached hydrogens (tertiary/aromatic N) is 1. The van der Waals surface area contributed by atoms with Gasteiger partial charge in [0, 0.05) is 25.2 Å². The van der Waals surface area contributed by atoms with Crippen LogP contribution in [0.1, 0.15) is 104 Å². The molecule has 38 heavy (non-hydrogen) atoms. The molecule has 0 spiro atoms. The minimum atomic E-state index is 0.476. The molecule has 4 aliphatic rings. The van der Waals surface area contributed by atoms with Gasteiger partial charge in [-0.2, -0.15) is 0 Å². The molecule has 0 aliphatic heterocycles. The van der Waals surface area contributed by atoms with Gasteiger partial charge in [-0.1, -0.05) is 78.1 Å². The van der Waals surface area contributed by atoms with Crippen molar-refractivity contribution in [3.8, 4) is 0 Å². The Labute approximate surface area is 234 Å². The molecular weight excluding hydrogens is 458 g/mol. The predicted octanol–water partition coefficient (Wildman–Crippen LogP) is 9.94. The zero-order valence-corrected chi connectivity index (χ0v) is 25.7. The molecule has 6 rings (SSSR count). The quantitative estimate of drug-likeness (QED) is 0.371. The van der Waals surface area contributed by atoms with E-state index in [4.69, 9.17) is 0 Å². The molecule has 0 amide bonds. The van der Waals surface area contributed by atoms with Crippen molar-refractivity contribution in [1.82, 2.24) is 0 Å². The molecule has 0 aromatic heterocycles. The SMILES string of the molecule is CC(C)CCCC(C)C1CCC2C3CCC4Cc5c(cc(N(C)C)c6ccccc56)CC4(C)C3CCC12C. The molecule has 0 N–H and O–H groups in total. The van der Waals surface area contributed by atoms with Crippen LogP contribution in [0.2, 0.25) is 0 Å². The maximum Gasteiger partial charge on any atom is 0.0443 e. The number of hydrogen-bond acceptors (Lipinski definition) is 1. The van der Waals surface area contributed by atoms with E-state index in [9.17, 15) is 0 Å². The summed E-state index contributed by atoms with van der Waals surface area (Å²) in [4.78, 5) is 2.34. The minimum absolute atomic E-state index is 0.476. The van der Waals surface area contributed by atoms with Crippen molar-refractivity contribution in [2.75, 3.05) is 19.0 Å². The lowest BCUT2D eigenvalue weighted by atomic mass is 9.44. The molecule has 0 bridgehead atoms. The number of hydrogen-bond donors (Lipinski definition) is 0. The molecule has 1 nitrogen and oxygen atoms in total. The molecule has 0 radical (unpaired) electrons. The zero-order valence-electron chi connectivity index (χ0n) is 25.7. The highest BCUT2D eigenvalue weighted by Gasteiger charge is 2.60. The van der Waals surface area contributed by atoms with Crippen molar-refractivity contribution < 1.29 is 0 Å². The fourth-order valence-electron chi connectivity index (χ4n) is 11.1. The summed E-state index contributed by atoms with van der Waals surface area (Å²) >= 11 is 0. The number of anilines is 1. The number of benzene rings is 2. The topological polar surface area (TPSA) is 3.24 Å². The van der Waals surface area contributed by atoms with E-state index in [0.717, 1.165) is 41.4 Å². The van der Waals surface area contributed by atoms with E-state index in [1.807, 2.05) is 0 Å². The molecule has 208 valence electrons. The van der Waals surface area contributed by atoms with E-state index in [1.54, 1.807) is 11.1 Å². The molecule has 2 aromatic carbocycles. The van der Waals surface area contributed by atoms with Gasteiger partial charge in [-0.25, -0.2) is 0 Å². The van der Waals surface area contributed by atoms with E-state index in [1.165, 1.54) is 87.1 Å². The summed E-state index contributed by atoms with van der Waals surface area (Å²) in [7, 11) is 4.45. The van der Waals surface area contributed by atoms with Crippen molar-refractivity contribution in [2.45, 2.75) is 105 Å². The summed E-state index contributed by atoms with van der Waals surface area (Å²) in [6.45, 7) is 12.9. The predicted molar refractivity (Wildman–Crippen MR) is 165 cm³/mol. The number of fused-ring (bicyclic) bond motifs is 8. The molecule has 0 heterocycles. The minimum Gasteiger partial charge on any atom is -0.377 e. The van der Waals surface area contributed by atoms with Gasteiger partial charge in [0.25, 0.3) is 0 Å². The average molecular weight is 514 g/mol. The van der Waals surface area contributed by atoms with Gasteiger partial charge in [-0.05, 0) is 126 Å². The maximum atomic E-state index is 2.75. The summed E-state index contributed by atoms with van der Waals surface area (Å²) in [6.07, 6.45) is 15.9. The third-order valence-electron chi connectivity index (χ3n) is 13.0. The second-order valence-electron chi connectivity index (χ2n) is 15.5. The Morgan fingerprint density at radius 2 is 1.61 bits per heavy atom. The van der Waals surface area contributed by atoms with E-state index < -0.39 is 0 Å². The summed E-state index contributed by atoms with van der Waals surface area (Å²) in [5.74, 6) is 6.47. The van der Waals surface area contributed by atoms with Crippen LogP contribution >= 0.6 is 0 Å². The lowest BCUT2D eigenvalue weighted by Gasteiger charge is -2.61. The first-order valence-electron chi connectivity index (χ1n) is 16.3. The van der Waals surface area contributed by atoms with Crippen molar-refractivity contribution in [3.63, 3.8) is 0 Å². The fraction of sp³-hybridized carbons (Fsp3) is 0.730. The maximum absolute atomic E-state index is 2.75. The van der Waals surface area contributed by atoms with Crippen molar-refractivity contribution >= 4 is 16.5 Å². The summed E-state index contributed by atoms with van der Waals surface area (Å²) < 4.78 is 0. The molecule has 0 saturated heterocycles. The van der Waals surface area contributed by atoms with E-state index >= 15 is 0 Å². The van der Waals surface area contributed by atoms with Crippen LogP contribution in [-0.4, -0.2) is 14.1 Å². The van der Waals surface area contributed by atoms with Crippen LogP contribution in [0.25, 0.3) is 10.8 Å². The van der Waals surface area contributed by atoms with E-state index in [-0.39, 0.29) is 0 Å². The fourth-order valence-corrected chi connectivity index (χ4v) is 11.1. The van der Waals surface area contributed by atoms with Crippen LogP contribution in [-0.2, 0) is 12.8 Å². The van der Waals surface area contributed by atoms with E-state index in [0.29, 0.717) is 10.8 Å². The zero-order chi connectivity index (χ0) is 26.8. The molecule has 4 aliphatic carbocycles. The Balaban J connectivity index is 1.27. The Bertz CT molecular complexity index is 1160. The molecule has 8 unspecified atom stereocenters. The standard InChI is InChI=1S/C37H55N/c1-24(2)11-10-12-25(3)32-17-18-33-30-16-15-27-22-31-26(23-37(27,5)34(30)19-20-36(32,33)4)21-35(38(6)7)29-14-9-8-13-28(29)31/h8-9,13-14,21,24-25,27,30,32-34H,10-12,15-20,22-23H2,1-7H3.